The number of hydrogen-bond acceptors (Lipinski definition) is 6. The second-order valence-corrected chi connectivity index (χ2v) is 9.63. The second-order valence-electron chi connectivity index (χ2n) is 9.22. The van der Waals surface area contributed by atoms with Crippen LogP contribution < -0.4 is 10.2 Å². The lowest BCUT2D eigenvalue weighted by molar-refractivity contribution is -0.0271. The minimum atomic E-state index is -0.565. The first kappa shape index (κ1) is 18.4. The van der Waals surface area contributed by atoms with Gasteiger partial charge >= 0.3 is 0 Å². The van der Waals surface area contributed by atoms with Gasteiger partial charge < -0.3 is 15.3 Å². The van der Waals surface area contributed by atoms with E-state index in [1.54, 1.807) is 6.20 Å². The van der Waals surface area contributed by atoms with Crippen LogP contribution in [0.15, 0.2) is 30.7 Å². The van der Waals surface area contributed by atoms with E-state index in [2.05, 4.69) is 26.4 Å². The molecule has 2 N–H and O–H groups in total. The Hall–Kier alpha value is -2.38. The average molecular weight is 425 g/mol. The number of nitrogens with zero attached hydrogens (tertiary/aromatic N) is 5. The minimum Gasteiger partial charge on any atom is -0.389 e. The number of hydrogen-bond donors (Lipinski definition) is 2. The van der Waals surface area contributed by atoms with E-state index >= 15 is 0 Å². The lowest BCUT2D eigenvalue weighted by Gasteiger charge is -2.43. The summed E-state index contributed by atoms with van der Waals surface area (Å²) in [6, 6.07) is 4.54. The van der Waals surface area contributed by atoms with Crippen LogP contribution in [-0.2, 0) is 0 Å². The van der Waals surface area contributed by atoms with E-state index in [0.29, 0.717) is 17.0 Å². The van der Waals surface area contributed by atoms with Crippen LogP contribution in [0.3, 0.4) is 0 Å². The highest BCUT2D eigenvalue weighted by Gasteiger charge is 2.49. The fourth-order valence-electron chi connectivity index (χ4n) is 5.09. The monoisotopic (exact) mass is 424 g/mol. The maximum absolute atomic E-state index is 10.8. The zero-order chi connectivity index (χ0) is 20.5. The van der Waals surface area contributed by atoms with Crippen LogP contribution in [0.2, 0.25) is 5.02 Å². The van der Waals surface area contributed by atoms with Crippen LogP contribution in [0.1, 0.15) is 38.6 Å². The Labute approximate surface area is 180 Å². The molecule has 3 atom stereocenters. The van der Waals surface area contributed by atoms with E-state index in [1.165, 1.54) is 12.8 Å². The molecule has 30 heavy (non-hydrogen) atoms. The molecule has 6 rings (SSSR count). The van der Waals surface area contributed by atoms with Crippen LogP contribution >= 0.6 is 11.6 Å². The van der Waals surface area contributed by atoms with E-state index < -0.39 is 5.60 Å². The molecule has 3 fully saturated rings. The molecule has 0 unspecified atom stereocenters. The number of piperidine rings is 1. The van der Waals surface area contributed by atoms with Gasteiger partial charge in [0, 0.05) is 42.7 Å². The molecule has 1 saturated heterocycles. The van der Waals surface area contributed by atoms with Crippen molar-refractivity contribution in [2.45, 2.75) is 44.2 Å². The molecule has 3 aliphatic rings. The zero-order valence-electron chi connectivity index (χ0n) is 16.9. The van der Waals surface area contributed by atoms with Gasteiger partial charge in [-0.15, -0.1) is 0 Å². The summed E-state index contributed by atoms with van der Waals surface area (Å²) in [5.74, 6) is 1.12. The van der Waals surface area contributed by atoms with Gasteiger partial charge in [0.2, 0.25) is 5.95 Å². The highest BCUT2D eigenvalue weighted by atomic mass is 35.5. The van der Waals surface area contributed by atoms with Crippen LogP contribution in [-0.4, -0.2) is 43.5 Å². The van der Waals surface area contributed by atoms with Crippen molar-refractivity contribution in [2.75, 3.05) is 23.3 Å². The third kappa shape index (κ3) is 3.03. The summed E-state index contributed by atoms with van der Waals surface area (Å²) in [7, 11) is 0. The summed E-state index contributed by atoms with van der Waals surface area (Å²) < 4.78 is 2.00. The van der Waals surface area contributed by atoms with Gasteiger partial charge in [-0.1, -0.05) is 11.6 Å². The summed E-state index contributed by atoms with van der Waals surface area (Å²) in [5, 5.41) is 20.1. The van der Waals surface area contributed by atoms with Gasteiger partial charge in [-0.2, -0.15) is 5.10 Å². The molecular formula is C22H25ClN6O. The van der Waals surface area contributed by atoms with E-state index in [-0.39, 0.29) is 11.8 Å². The minimum absolute atomic E-state index is 0.286. The smallest absolute Gasteiger partial charge is 0.227 e. The fourth-order valence-corrected chi connectivity index (χ4v) is 5.38. The summed E-state index contributed by atoms with van der Waals surface area (Å²) in [6.07, 6.45) is 10.2. The lowest BCUT2D eigenvalue weighted by atomic mass is 9.82. The number of halogens is 1. The van der Waals surface area contributed by atoms with Crippen molar-refractivity contribution in [2.24, 2.45) is 11.8 Å². The predicted molar refractivity (Wildman–Crippen MR) is 117 cm³/mol. The maximum atomic E-state index is 10.8. The van der Waals surface area contributed by atoms with Gasteiger partial charge in [0.1, 0.15) is 0 Å². The Morgan fingerprint density at radius 3 is 2.63 bits per heavy atom. The average Bonchev–Trinajstić information content (AvgIpc) is 3.45. The van der Waals surface area contributed by atoms with Crippen molar-refractivity contribution in [3.05, 3.63) is 35.7 Å². The van der Waals surface area contributed by atoms with E-state index in [4.69, 9.17) is 16.6 Å². The van der Waals surface area contributed by atoms with Crippen molar-refractivity contribution in [1.29, 1.82) is 0 Å². The summed E-state index contributed by atoms with van der Waals surface area (Å²) in [5.41, 5.74) is 2.17. The Balaban J connectivity index is 1.29. The molecule has 1 aliphatic heterocycles. The van der Waals surface area contributed by atoms with Gasteiger partial charge in [-0.3, -0.25) is 4.68 Å². The number of benzene rings is 1. The quantitative estimate of drug-likeness (QED) is 0.654. The summed E-state index contributed by atoms with van der Waals surface area (Å²) in [4.78, 5) is 11.5. The van der Waals surface area contributed by atoms with Crippen LogP contribution in [0, 0.1) is 11.8 Å². The number of aliphatic hydroxyl groups is 1. The normalized spacial score (nSPS) is 28.3. The zero-order valence-corrected chi connectivity index (χ0v) is 17.7. The molecule has 2 saturated carbocycles. The Morgan fingerprint density at radius 2 is 1.90 bits per heavy atom. The van der Waals surface area contributed by atoms with E-state index in [1.807, 2.05) is 30.1 Å². The van der Waals surface area contributed by atoms with Crippen LogP contribution in [0.5, 0.6) is 0 Å². The number of anilines is 3. The molecule has 0 spiro atoms. The Kier molecular flexibility index (Phi) is 4.02. The maximum Gasteiger partial charge on any atom is 0.227 e. The third-order valence-corrected chi connectivity index (χ3v) is 7.47. The lowest BCUT2D eigenvalue weighted by Crippen LogP contribution is -2.52. The molecule has 0 radical (unpaired) electrons. The van der Waals surface area contributed by atoms with E-state index in [9.17, 15) is 5.11 Å². The molecule has 3 heterocycles. The van der Waals surface area contributed by atoms with Gasteiger partial charge in [0.05, 0.1) is 39.8 Å². The van der Waals surface area contributed by atoms with Crippen LogP contribution in [0.4, 0.5) is 17.3 Å². The van der Waals surface area contributed by atoms with Crippen molar-refractivity contribution in [1.82, 2.24) is 19.7 Å². The first-order valence-corrected chi connectivity index (χ1v) is 11.1. The predicted octanol–water partition coefficient (Wildman–Crippen LogP) is 4.16. The van der Waals surface area contributed by atoms with Gasteiger partial charge in [0.25, 0.3) is 0 Å². The largest absolute Gasteiger partial charge is 0.389 e. The highest BCUT2D eigenvalue weighted by Crippen LogP contribution is 2.47. The standard InChI is InChI=1S/C22H25ClN6O/c1-22(30)14-2-3-15(22)11-28(10-14)20-7-19-13(6-18(20)23)8-24-21(27-19)26-16-9-25-29(12-16)17-4-5-17/h6-9,12,14-15,17,30H,2-5,10-11H2,1H3,(H,24,26,27)/t14-,15+,22+. The first-order valence-electron chi connectivity index (χ1n) is 10.7. The molecule has 3 aromatic rings. The molecule has 7 nitrogen and oxygen atoms in total. The summed E-state index contributed by atoms with van der Waals surface area (Å²) >= 11 is 6.64. The SMILES string of the molecule is C[C@]1(O)[C@@H]2CC[C@H]1CN(c1cc3nc(Nc4cnn(C5CC5)c4)ncc3cc1Cl)C2. The molecule has 156 valence electrons. The first-order chi connectivity index (χ1) is 14.5. The topological polar surface area (TPSA) is 79.1 Å². The molecule has 2 bridgehead atoms. The molecule has 0 amide bonds. The molecule has 8 heteroatoms. The van der Waals surface area contributed by atoms with Crippen molar-refractivity contribution >= 4 is 39.8 Å². The number of aromatic nitrogens is 4. The Bertz CT molecular complexity index is 1110. The second kappa shape index (κ2) is 6.56. The van der Waals surface area contributed by atoms with Gasteiger partial charge in [-0.05, 0) is 44.7 Å². The number of nitrogens with one attached hydrogen (secondary N) is 1. The molecule has 2 aliphatic carbocycles. The van der Waals surface area contributed by atoms with Crippen molar-refractivity contribution in [3.63, 3.8) is 0 Å². The molecular weight excluding hydrogens is 400 g/mol. The highest BCUT2D eigenvalue weighted by molar-refractivity contribution is 6.34. The summed E-state index contributed by atoms with van der Waals surface area (Å²) in [6.45, 7) is 3.64. The number of fused-ring (bicyclic) bond motifs is 3. The van der Waals surface area contributed by atoms with Gasteiger partial charge in [-0.25, -0.2) is 9.97 Å². The van der Waals surface area contributed by atoms with E-state index in [0.717, 1.165) is 48.2 Å². The Morgan fingerprint density at radius 1 is 1.13 bits per heavy atom. The van der Waals surface area contributed by atoms with Crippen LogP contribution in [0.25, 0.3) is 10.9 Å². The number of rotatable bonds is 4. The third-order valence-electron chi connectivity index (χ3n) is 7.17. The molecule has 2 aromatic heterocycles. The van der Waals surface area contributed by atoms with Crippen molar-refractivity contribution < 1.29 is 5.11 Å². The molecule has 1 aromatic carbocycles. The van der Waals surface area contributed by atoms with Crippen molar-refractivity contribution in [3.8, 4) is 0 Å². The fraction of sp³-hybridized carbons (Fsp3) is 0.500. The van der Waals surface area contributed by atoms with Gasteiger partial charge in [0.15, 0.2) is 0 Å².